The number of piperidine rings is 1. The fraction of sp³-hybridized carbons (Fsp3) is 0.300. The summed E-state index contributed by atoms with van der Waals surface area (Å²) in [5, 5.41) is 8.99. The van der Waals surface area contributed by atoms with Gasteiger partial charge in [-0.3, -0.25) is 4.79 Å². The SMILES string of the molecule is Cc1cc(OC2CCN(c3ccc(C(N)=O)cc3)CC2)ccc1C#N. The van der Waals surface area contributed by atoms with Crippen molar-refractivity contribution in [2.45, 2.75) is 25.9 Å². The van der Waals surface area contributed by atoms with E-state index in [4.69, 9.17) is 15.7 Å². The highest BCUT2D eigenvalue weighted by Gasteiger charge is 2.21. The van der Waals surface area contributed by atoms with Gasteiger partial charge < -0.3 is 15.4 Å². The summed E-state index contributed by atoms with van der Waals surface area (Å²) in [6, 6.07) is 15.2. The van der Waals surface area contributed by atoms with Crippen LogP contribution in [0.2, 0.25) is 0 Å². The van der Waals surface area contributed by atoms with Crippen LogP contribution in [0.3, 0.4) is 0 Å². The van der Waals surface area contributed by atoms with Crippen LogP contribution < -0.4 is 15.4 Å². The van der Waals surface area contributed by atoms with Crippen molar-refractivity contribution >= 4 is 11.6 Å². The number of amides is 1. The molecule has 1 saturated heterocycles. The molecule has 128 valence electrons. The van der Waals surface area contributed by atoms with E-state index in [-0.39, 0.29) is 6.10 Å². The normalized spacial score (nSPS) is 14.8. The van der Waals surface area contributed by atoms with E-state index < -0.39 is 5.91 Å². The van der Waals surface area contributed by atoms with Crippen LogP contribution in [0.15, 0.2) is 42.5 Å². The molecule has 3 rings (SSSR count). The third-order valence-corrected chi connectivity index (χ3v) is 4.58. The first-order valence-corrected chi connectivity index (χ1v) is 8.39. The number of nitrogens with zero attached hydrogens (tertiary/aromatic N) is 2. The minimum Gasteiger partial charge on any atom is -0.490 e. The number of nitrogens with two attached hydrogens (primary N) is 1. The molecule has 0 saturated carbocycles. The molecule has 2 aromatic carbocycles. The summed E-state index contributed by atoms with van der Waals surface area (Å²) in [4.78, 5) is 13.4. The summed E-state index contributed by atoms with van der Waals surface area (Å²) >= 11 is 0. The first kappa shape index (κ1) is 16.8. The largest absolute Gasteiger partial charge is 0.490 e. The van der Waals surface area contributed by atoms with Crippen molar-refractivity contribution in [3.8, 4) is 11.8 Å². The average Bonchev–Trinajstić information content (AvgIpc) is 2.63. The lowest BCUT2D eigenvalue weighted by Gasteiger charge is -2.33. The number of rotatable bonds is 4. The van der Waals surface area contributed by atoms with Crippen LogP contribution in [0, 0.1) is 18.3 Å². The molecule has 5 heteroatoms. The number of ether oxygens (including phenoxy) is 1. The Hall–Kier alpha value is -3.00. The smallest absolute Gasteiger partial charge is 0.248 e. The first-order chi connectivity index (χ1) is 12.1. The van der Waals surface area contributed by atoms with E-state index in [2.05, 4.69) is 11.0 Å². The van der Waals surface area contributed by atoms with Gasteiger partial charge in [-0.25, -0.2) is 0 Å². The van der Waals surface area contributed by atoms with Crippen LogP contribution in [0.5, 0.6) is 5.75 Å². The molecule has 5 nitrogen and oxygen atoms in total. The minimum atomic E-state index is -0.406. The number of carbonyl (C=O) groups is 1. The first-order valence-electron chi connectivity index (χ1n) is 8.39. The Morgan fingerprint density at radius 2 is 1.88 bits per heavy atom. The summed E-state index contributed by atoms with van der Waals surface area (Å²) in [6.07, 6.45) is 2.03. The second-order valence-corrected chi connectivity index (χ2v) is 6.30. The van der Waals surface area contributed by atoms with Crippen molar-refractivity contribution in [3.63, 3.8) is 0 Å². The zero-order valence-electron chi connectivity index (χ0n) is 14.2. The Morgan fingerprint density at radius 1 is 1.20 bits per heavy atom. The number of benzene rings is 2. The molecular weight excluding hydrogens is 314 g/mol. The van der Waals surface area contributed by atoms with Crippen molar-refractivity contribution in [2.24, 2.45) is 5.73 Å². The Kier molecular flexibility index (Phi) is 4.90. The maximum atomic E-state index is 11.1. The zero-order chi connectivity index (χ0) is 17.8. The van der Waals surface area contributed by atoms with Gasteiger partial charge in [-0.15, -0.1) is 0 Å². The average molecular weight is 335 g/mol. The molecule has 0 unspecified atom stereocenters. The van der Waals surface area contributed by atoms with E-state index in [0.717, 1.165) is 42.9 Å². The molecule has 1 aliphatic heterocycles. The molecule has 2 aromatic rings. The van der Waals surface area contributed by atoms with Gasteiger partial charge in [-0.1, -0.05) is 0 Å². The lowest BCUT2D eigenvalue weighted by molar-refractivity contribution is 0.100. The van der Waals surface area contributed by atoms with Crippen LogP contribution >= 0.6 is 0 Å². The number of nitriles is 1. The summed E-state index contributed by atoms with van der Waals surface area (Å²) in [5.74, 6) is 0.414. The molecule has 1 fully saturated rings. The molecule has 25 heavy (non-hydrogen) atoms. The van der Waals surface area contributed by atoms with E-state index in [1.165, 1.54) is 0 Å². The summed E-state index contributed by atoms with van der Waals surface area (Å²) in [6.45, 7) is 3.72. The van der Waals surface area contributed by atoms with E-state index in [1.54, 1.807) is 18.2 Å². The second-order valence-electron chi connectivity index (χ2n) is 6.30. The molecule has 0 bridgehead atoms. The number of aryl methyl sites for hydroxylation is 1. The quantitative estimate of drug-likeness (QED) is 0.931. The molecular formula is C20H21N3O2. The zero-order valence-corrected chi connectivity index (χ0v) is 14.2. The topological polar surface area (TPSA) is 79.3 Å². The Balaban J connectivity index is 1.57. The van der Waals surface area contributed by atoms with Gasteiger partial charge in [0.2, 0.25) is 5.91 Å². The molecule has 1 heterocycles. The highest BCUT2D eigenvalue weighted by molar-refractivity contribution is 5.93. The molecule has 0 radical (unpaired) electrons. The van der Waals surface area contributed by atoms with Crippen LogP contribution in [-0.4, -0.2) is 25.1 Å². The maximum Gasteiger partial charge on any atom is 0.248 e. The van der Waals surface area contributed by atoms with Crippen molar-refractivity contribution in [2.75, 3.05) is 18.0 Å². The molecule has 0 spiro atoms. The third kappa shape index (κ3) is 3.92. The van der Waals surface area contributed by atoms with Gasteiger partial charge in [0, 0.05) is 37.2 Å². The molecule has 0 aliphatic carbocycles. The highest BCUT2D eigenvalue weighted by atomic mass is 16.5. The van der Waals surface area contributed by atoms with Gasteiger partial charge in [0.25, 0.3) is 0 Å². The highest BCUT2D eigenvalue weighted by Crippen LogP contribution is 2.24. The number of primary amides is 1. The fourth-order valence-electron chi connectivity index (χ4n) is 3.10. The van der Waals surface area contributed by atoms with Crippen molar-refractivity contribution < 1.29 is 9.53 Å². The van der Waals surface area contributed by atoms with E-state index in [9.17, 15) is 4.79 Å². The summed E-state index contributed by atoms with van der Waals surface area (Å²) in [5.41, 5.74) is 8.52. The Bertz CT molecular complexity index is 801. The van der Waals surface area contributed by atoms with Gasteiger partial charge in [-0.2, -0.15) is 5.26 Å². The van der Waals surface area contributed by atoms with Gasteiger partial charge >= 0.3 is 0 Å². The third-order valence-electron chi connectivity index (χ3n) is 4.58. The van der Waals surface area contributed by atoms with E-state index in [1.807, 2.05) is 31.2 Å². The monoisotopic (exact) mass is 335 g/mol. The van der Waals surface area contributed by atoms with Gasteiger partial charge in [0.15, 0.2) is 0 Å². The molecule has 1 amide bonds. The molecule has 2 N–H and O–H groups in total. The van der Waals surface area contributed by atoms with E-state index in [0.29, 0.717) is 11.1 Å². The predicted octanol–water partition coefficient (Wildman–Crippen LogP) is 3.01. The Labute approximate surface area is 147 Å². The van der Waals surface area contributed by atoms with E-state index >= 15 is 0 Å². The summed E-state index contributed by atoms with van der Waals surface area (Å²) in [7, 11) is 0. The number of carbonyl (C=O) groups excluding carboxylic acids is 1. The molecule has 0 atom stereocenters. The van der Waals surface area contributed by atoms with Crippen LogP contribution in [-0.2, 0) is 0 Å². The Morgan fingerprint density at radius 3 is 2.44 bits per heavy atom. The van der Waals surface area contributed by atoms with Crippen LogP contribution in [0.25, 0.3) is 0 Å². The molecule has 0 aromatic heterocycles. The lowest BCUT2D eigenvalue weighted by atomic mass is 10.1. The predicted molar refractivity (Wildman–Crippen MR) is 96.7 cm³/mol. The van der Waals surface area contributed by atoms with Crippen molar-refractivity contribution in [1.82, 2.24) is 0 Å². The van der Waals surface area contributed by atoms with Crippen molar-refractivity contribution in [1.29, 1.82) is 5.26 Å². The van der Waals surface area contributed by atoms with Crippen molar-refractivity contribution in [3.05, 3.63) is 59.2 Å². The second kappa shape index (κ2) is 7.27. The summed E-state index contributed by atoms with van der Waals surface area (Å²) < 4.78 is 6.07. The van der Waals surface area contributed by atoms with Crippen LogP contribution in [0.1, 0.15) is 34.3 Å². The number of anilines is 1. The van der Waals surface area contributed by atoms with Gasteiger partial charge in [0.05, 0.1) is 11.6 Å². The van der Waals surface area contributed by atoms with Gasteiger partial charge in [-0.05, 0) is 55.0 Å². The molecule has 1 aliphatic rings. The van der Waals surface area contributed by atoms with Crippen LogP contribution in [0.4, 0.5) is 5.69 Å². The lowest BCUT2D eigenvalue weighted by Crippen LogP contribution is -2.38. The number of hydrogen-bond acceptors (Lipinski definition) is 4. The minimum absolute atomic E-state index is 0.175. The maximum absolute atomic E-state index is 11.1. The van der Waals surface area contributed by atoms with Gasteiger partial charge in [0.1, 0.15) is 11.9 Å². The number of hydrogen-bond donors (Lipinski definition) is 1. The fourth-order valence-corrected chi connectivity index (χ4v) is 3.10. The standard InChI is InChI=1S/C20H21N3O2/c1-14-12-19(7-4-16(14)13-21)25-18-8-10-23(11-9-18)17-5-2-15(3-6-17)20(22)24/h2-7,12,18H,8-11H2,1H3,(H2,22,24).